The van der Waals surface area contributed by atoms with E-state index in [1.807, 2.05) is 0 Å². The van der Waals surface area contributed by atoms with Gasteiger partial charge >= 0.3 is 5.97 Å². The normalized spacial score (nSPS) is 10.6. The smallest absolute Gasteiger partial charge is 0.357 e. The van der Waals surface area contributed by atoms with Gasteiger partial charge in [-0.2, -0.15) is 0 Å². The molecule has 0 saturated carbocycles. The van der Waals surface area contributed by atoms with Crippen LogP contribution in [-0.4, -0.2) is 30.6 Å². The van der Waals surface area contributed by atoms with Gasteiger partial charge in [0.2, 0.25) is 0 Å². The van der Waals surface area contributed by atoms with E-state index < -0.39 is 0 Å². The number of rotatable bonds is 10. The topological polar surface area (TPSA) is 51.2 Å². The van der Waals surface area contributed by atoms with Crippen LogP contribution >= 0.6 is 11.3 Å². The Hall–Kier alpha value is -0.940. The first kappa shape index (κ1) is 16.1. The fourth-order valence-corrected chi connectivity index (χ4v) is 2.49. The predicted molar refractivity (Wildman–Crippen MR) is 78.8 cm³/mol. The number of hydrogen-bond donors (Lipinski definition) is 1. The number of nitrogens with one attached hydrogen (secondary N) is 1. The van der Waals surface area contributed by atoms with E-state index in [0.717, 1.165) is 24.5 Å². The van der Waals surface area contributed by atoms with E-state index >= 15 is 0 Å². The second kappa shape index (κ2) is 9.92. The second-order valence-electron chi connectivity index (χ2n) is 4.41. The minimum atomic E-state index is -0.322. The summed E-state index contributed by atoms with van der Waals surface area (Å²) in [6, 6.07) is 0. The Morgan fingerprint density at radius 3 is 2.89 bits per heavy atom. The molecule has 0 fully saturated rings. The Balaban J connectivity index is 2.14. The van der Waals surface area contributed by atoms with Gasteiger partial charge in [0.15, 0.2) is 5.69 Å². The number of ether oxygens (including phenoxy) is 1. The Morgan fingerprint density at radius 2 is 2.16 bits per heavy atom. The van der Waals surface area contributed by atoms with Gasteiger partial charge in [-0.25, -0.2) is 9.78 Å². The van der Waals surface area contributed by atoms with E-state index in [-0.39, 0.29) is 5.97 Å². The molecule has 1 heterocycles. The van der Waals surface area contributed by atoms with E-state index in [9.17, 15) is 4.79 Å². The van der Waals surface area contributed by atoms with Gasteiger partial charge in [-0.3, -0.25) is 0 Å². The van der Waals surface area contributed by atoms with Crippen LogP contribution in [-0.2, 0) is 11.2 Å². The van der Waals surface area contributed by atoms with Gasteiger partial charge in [-0.05, 0) is 19.9 Å². The first-order chi connectivity index (χ1) is 9.27. The predicted octanol–water partition coefficient (Wildman–Crippen LogP) is 3.03. The van der Waals surface area contributed by atoms with Crippen LogP contribution in [0.4, 0.5) is 0 Å². The van der Waals surface area contributed by atoms with Crippen molar-refractivity contribution in [3.05, 3.63) is 16.1 Å². The van der Waals surface area contributed by atoms with Crippen LogP contribution in [0, 0.1) is 0 Å². The van der Waals surface area contributed by atoms with E-state index in [1.54, 1.807) is 12.3 Å². The number of esters is 1. The summed E-state index contributed by atoms with van der Waals surface area (Å²) in [5.74, 6) is -0.322. The molecule has 0 radical (unpaired) electrons. The maximum absolute atomic E-state index is 11.4. The molecule has 5 heteroatoms. The van der Waals surface area contributed by atoms with Crippen LogP contribution in [0.1, 0.15) is 55.0 Å². The third-order valence-corrected chi connectivity index (χ3v) is 3.67. The number of unbranched alkanes of at least 4 members (excludes halogenated alkanes) is 3. The van der Waals surface area contributed by atoms with Crippen LogP contribution in [0.15, 0.2) is 5.38 Å². The summed E-state index contributed by atoms with van der Waals surface area (Å²) in [7, 11) is 0. The molecule has 0 unspecified atom stereocenters. The van der Waals surface area contributed by atoms with Crippen LogP contribution < -0.4 is 5.32 Å². The molecule has 0 atom stereocenters. The maximum atomic E-state index is 11.4. The van der Waals surface area contributed by atoms with Gasteiger partial charge in [0.05, 0.1) is 11.6 Å². The number of aromatic nitrogens is 1. The Bertz CT molecular complexity index is 366. The summed E-state index contributed by atoms with van der Waals surface area (Å²) in [6.45, 7) is 6.40. The number of thiazole rings is 1. The summed E-state index contributed by atoms with van der Waals surface area (Å²) < 4.78 is 4.91. The molecule has 19 heavy (non-hydrogen) atoms. The lowest BCUT2D eigenvalue weighted by molar-refractivity contribution is 0.0520. The molecular formula is C14H24N2O2S. The molecule has 0 spiro atoms. The van der Waals surface area contributed by atoms with Crippen LogP contribution in [0.25, 0.3) is 0 Å². The molecule has 108 valence electrons. The van der Waals surface area contributed by atoms with Gasteiger partial charge in [-0.15, -0.1) is 11.3 Å². The largest absolute Gasteiger partial charge is 0.461 e. The van der Waals surface area contributed by atoms with Crippen molar-refractivity contribution in [3.8, 4) is 0 Å². The van der Waals surface area contributed by atoms with Crippen molar-refractivity contribution in [1.82, 2.24) is 10.3 Å². The van der Waals surface area contributed by atoms with Crippen molar-refractivity contribution < 1.29 is 9.53 Å². The molecule has 1 aromatic rings. The highest BCUT2D eigenvalue weighted by Gasteiger charge is 2.10. The first-order valence-corrected chi connectivity index (χ1v) is 7.98. The number of carbonyl (C=O) groups excluding carboxylic acids is 1. The fraction of sp³-hybridized carbons (Fsp3) is 0.714. The van der Waals surface area contributed by atoms with E-state index in [1.165, 1.54) is 37.0 Å². The quantitative estimate of drug-likeness (QED) is 0.530. The molecule has 0 bridgehead atoms. The highest BCUT2D eigenvalue weighted by atomic mass is 32.1. The zero-order valence-electron chi connectivity index (χ0n) is 11.9. The zero-order valence-corrected chi connectivity index (χ0v) is 12.7. The maximum Gasteiger partial charge on any atom is 0.357 e. The summed E-state index contributed by atoms with van der Waals surface area (Å²) in [5.41, 5.74) is 0.435. The lowest BCUT2D eigenvalue weighted by Gasteiger charge is -2.02. The number of nitrogens with zero attached hydrogens (tertiary/aromatic N) is 1. The van der Waals surface area contributed by atoms with E-state index in [4.69, 9.17) is 4.74 Å². The minimum absolute atomic E-state index is 0.322. The standard InChI is InChI=1S/C14H24N2O2S/c1-3-5-6-7-9-15-10-8-13-16-12(11-19-13)14(17)18-4-2/h11,15H,3-10H2,1-2H3. The SMILES string of the molecule is CCCCCCNCCc1nc(C(=O)OCC)cs1. The summed E-state index contributed by atoms with van der Waals surface area (Å²) in [4.78, 5) is 15.7. The molecular weight excluding hydrogens is 260 g/mol. The van der Waals surface area contributed by atoms with Crippen molar-refractivity contribution in [3.63, 3.8) is 0 Å². The average molecular weight is 284 g/mol. The van der Waals surface area contributed by atoms with Crippen molar-refractivity contribution in [1.29, 1.82) is 0 Å². The minimum Gasteiger partial charge on any atom is -0.461 e. The van der Waals surface area contributed by atoms with Crippen molar-refractivity contribution in [2.75, 3.05) is 19.7 Å². The molecule has 0 aromatic carbocycles. The Labute approximate surface area is 119 Å². The summed E-state index contributed by atoms with van der Waals surface area (Å²) in [6.07, 6.45) is 6.00. The van der Waals surface area contributed by atoms with Gasteiger partial charge < -0.3 is 10.1 Å². The van der Waals surface area contributed by atoms with E-state index in [2.05, 4.69) is 17.2 Å². The third-order valence-electron chi connectivity index (χ3n) is 2.76. The Kier molecular flexibility index (Phi) is 8.41. The molecule has 0 aliphatic carbocycles. The van der Waals surface area contributed by atoms with Gasteiger partial charge in [0.1, 0.15) is 0 Å². The third kappa shape index (κ3) is 6.68. The average Bonchev–Trinajstić information content (AvgIpc) is 2.87. The van der Waals surface area contributed by atoms with Gasteiger partial charge in [0, 0.05) is 18.3 Å². The van der Waals surface area contributed by atoms with E-state index in [0.29, 0.717) is 12.3 Å². The van der Waals surface area contributed by atoms with Gasteiger partial charge in [0.25, 0.3) is 0 Å². The van der Waals surface area contributed by atoms with Crippen molar-refractivity contribution in [2.45, 2.75) is 46.0 Å². The molecule has 0 aliphatic heterocycles. The fourth-order valence-electron chi connectivity index (χ4n) is 1.72. The summed E-state index contributed by atoms with van der Waals surface area (Å²) in [5, 5.41) is 6.17. The van der Waals surface area contributed by atoms with Crippen molar-refractivity contribution in [2.24, 2.45) is 0 Å². The number of carbonyl (C=O) groups is 1. The lowest BCUT2D eigenvalue weighted by Crippen LogP contribution is -2.18. The summed E-state index contributed by atoms with van der Waals surface area (Å²) >= 11 is 1.52. The molecule has 1 N–H and O–H groups in total. The number of hydrogen-bond acceptors (Lipinski definition) is 5. The monoisotopic (exact) mass is 284 g/mol. The van der Waals surface area contributed by atoms with Crippen molar-refractivity contribution >= 4 is 17.3 Å². The molecule has 0 aliphatic rings. The molecule has 0 amide bonds. The lowest BCUT2D eigenvalue weighted by atomic mass is 10.2. The van der Waals surface area contributed by atoms with Crippen LogP contribution in [0.3, 0.4) is 0 Å². The molecule has 4 nitrogen and oxygen atoms in total. The van der Waals surface area contributed by atoms with Gasteiger partial charge in [-0.1, -0.05) is 26.2 Å². The molecule has 0 saturated heterocycles. The first-order valence-electron chi connectivity index (χ1n) is 7.10. The van der Waals surface area contributed by atoms with Crippen LogP contribution in [0.5, 0.6) is 0 Å². The molecule has 1 rings (SSSR count). The van der Waals surface area contributed by atoms with Crippen LogP contribution in [0.2, 0.25) is 0 Å². The zero-order chi connectivity index (χ0) is 13.9. The second-order valence-corrected chi connectivity index (χ2v) is 5.35. The molecule has 1 aromatic heterocycles. The highest BCUT2D eigenvalue weighted by Crippen LogP contribution is 2.11. The highest BCUT2D eigenvalue weighted by molar-refractivity contribution is 7.09. The Morgan fingerprint density at radius 1 is 1.32 bits per heavy atom.